The zero-order valence-electron chi connectivity index (χ0n) is 8.55. The number of aliphatic imine (C=N–C) groups is 1. The number of hydrazine groups is 1. The van der Waals surface area contributed by atoms with Crippen molar-refractivity contribution in [1.29, 1.82) is 5.26 Å². The van der Waals surface area contributed by atoms with Crippen LogP contribution < -0.4 is 10.9 Å². The zero-order chi connectivity index (χ0) is 11.6. The largest absolute Gasteiger partial charge is 0.299 e. The van der Waals surface area contributed by atoms with Gasteiger partial charge in [-0.15, -0.1) is 4.99 Å². The Labute approximate surface area is 105 Å². The first-order valence-electron chi connectivity index (χ1n) is 4.64. The molecule has 16 heavy (non-hydrogen) atoms. The Balaban J connectivity index is 2.45. The van der Waals surface area contributed by atoms with Gasteiger partial charge in [-0.05, 0) is 17.9 Å². The van der Waals surface area contributed by atoms with Crippen LogP contribution in [0, 0.1) is 11.5 Å². The summed E-state index contributed by atoms with van der Waals surface area (Å²) < 4.78 is 0. The number of anilines is 1. The van der Waals surface area contributed by atoms with E-state index in [0.29, 0.717) is 5.17 Å². The van der Waals surface area contributed by atoms with Crippen LogP contribution in [0.5, 0.6) is 0 Å². The molecule has 0 unspecified atom stereocenters. The standard InChI is InChI=1S/C10H12N4S2/c11-8-12-10(16-7-6-15)14-13-9-4-2-1-3-5-9/h1-5,13,15H,6-7H2,(H,12,14). The molecule has 4 nitrogen and oxygen atoms in total. The van der Waals surface area contributed by atoms with E-state index in [1.165, 1.54) is 11.8 Å². The van der Waals surface area contributed by atoms with Gasteiger partial charge >= 0.3 is 0 Å². The molecular weight excluding hydrogens is 240 g/mol. The predicted molar refractivity (Wildman–Crippen MR) is 72.6 cm³/mol. The van der Waals surface area contributed by atoms with Gasteiger partial charge in [-0.25, -0.2) is 0 Å². The van der Waals surface area contributed by atoms with Gasteiger partial charge in [0.05, 0.1) is 5.69 Å². The average Bonchev–Trinajstić information content (AvgIpc) is 2.34. The van der Waals surface area contributed by atoms with E-state index in [9.17, 15) is 0 Å². The second-order valence-electron chi connectivity index (χ2n) is 2.71. The number of nitrogens with one attached hydrogen (secondary N) is 2. The highest BCUT2D eigenvalue weighted by molar-refractivity contribution is 8.14. The molecule has 0 radical (unpaired) electrons. The van der Waals surface area contributed by atoms with E-state index >= 15 is 0 Å². The normalized spacial score (nSPS) is 10.6. The van der Waals surface area contributed by atoms with Gasteiger partial charge in [0, 0.05) is 5.75 Å². The van der Waals surface area contributed by atoms with Crippen LogP contribution in [0.4, 0.5) is 5.69 Å². The number of para-hydroxylation sites is 1. The molecule has 0 aliphatic rings. The summed E-state index contributed by atoms with van der Waals surface area (Å²) in [6, 6.07) is 9.61. The average molecular weight is 252 g/mol. The lowest BCUT2D eigenvalue weighted by atomic mass is 10.3. The molecule has 0 aromatic heterocycles. The van der Waals surface area contributed by atoms with Crippen LogP contribution in [0.3, 0.4) is 0 Å². The maximum absolute atomic E-state index is 8.50. The topological polar surface area (TPSA) is 60.2 Å². The van der Waals surface area contributed by atoms with Crippen molar-refractivity contribution in [3.63, 3.8) is 0 Å². The Hall–Kier alpha value is -1.32. The quantitative estimate of drug-likeness (QED) is 0.252. The molecule has 0 heterocycles. The molecular formula is C10H12N4S2. The minimum absolute atomic E-state index is 0.542. The highest BCUT2D eigenvalue weighted by Crippen LogP contribution is 2.06. The lowest BCUT2D eigenvalue weighted by Crippen LogP contribution is -2.27. The molecule has 84 valence electrons. The maximum atomic E-state index is 8.50. The van der Waals surface area contributed by atoms with Gasteiger partial charge in [-0.3, -0.25) is 10.9 Å². The van der Waals surface area contributed by atoms with Crippen molar-refractivity contribution in [2.75, 3.05) is 16.9 Å². The van der Waals surface area contributed by atoms with Crippen LogP contribution in [0.2, 0.25) is 0 Å². The first kappa shape index (κ1) is 12.7. The van der Waals surface area contributed by atoms with E-state index in [1.807, 2.05) is 30.3 Å². The molecule has 0 amide bonds. The molecule has 0 bridgehead atoms. The van der Waals surface area contributed by atoms with Crippen molar-refractivity contribution in [2.45, 2.75) is 0 Å². The molecule has 1 aromatic carbocycles. The van der Waals surface area contributed by atoms with Crippen molar-refractivity contribution in [3.8, 4) is 6.19 Å². The lowest BCUT2D eigenvalue weighted by molar-refractivity contribution is 1.14. The molecule has 0 atom stereocenters. The molecule has 1 aromatic rings. The third-order valence-corrected chi connectivity index (χ3v) is 2.97. The number of benzene rings is 1. The summed E-state index contributed by atoms with van der Waals surface area (Å²) in [5.74, 6) is 1.54. The van der Waals surface area contributed by atoms with Crippen molar-refractivity contribution in [2.24, 2.45) is 4.99 Å². The fraction of sp³-hybridized carbons (Fsp3) is 0.200. The van der Waals surface area contributed by atoms with E-state index < -0.39 is 0 Å². The summed E-state index contributed by atoms with van der Waals surface area (Å²) in [7, 11) is 0. The van der Waals surface area contributed by atoms with Gasteiger partial charge in [0.2, 0.25) is 6.19 Å². The molecule has 0 saturated heterocycles. The Morgan fingerprint density at radius 3 is 2.81 bits per heavy atom. The molecule has 6 heteroatoms. The highest BCUT2D eigenvalue weighted by atomic mass is 32.2. The second-order valence-corrected chi connectivity index (χ2v) is 4.24. The number of hydrogen-bond acceptors (Lipinski definition) is 5. The summed E-state index contributed by atoms with van der Waals surface area (Å²) in [4.78, 5) is 3.65. The summed E-state index contributed by atoms with van der Waals surface area (Å²) >= 11 is 5.54. The SMILES string of the molecule is N#CN=C(NNc1ccccc1)SCCS. The molecule has 0 spiro atoms. The van der Waals surface area contributed by atoms with Crippen LogP contribution in [0.15, 0.2) is 35.3 Å². The number of nitriles is 1. The van der Waals surface area contributed by atoms with Crippen LogP contribution in [0.25, 0.3) is 0 Å². The monoisotopic (exact) mass is 252 g/mol. The van der Waals surface area contributed by atoms with Crippen LogP contribution in [-0.4, -0.2) is 16.7 Å². The van der Waals surface area contributed by atoms with E-state index in [2.05, 4.69) is 28.5 Å². The first-order chi connectivity index (χ1) is 7.86. The van der Waals surface area contributed by atoms with E-state index in [1.54, 1.807) is 6.19 Å². The summed E-state index contributed by atoms with van der Waals surface area (Å²) in [6.07, 6.45) is 1.75. The number of thioether (sulfide) groups is 1. The van der Waals surface area contributed by atoms with Crippen LogP contribution in [0.1, 0.15) is 0 Å². The number of amidine groups is 1. The summed E-state index contributed by atoms with van der Waals surface area (Å²) in [6.45, 7) is 0. The second kappa shape index (κ2) is 7.91. The lowest BCUT2D eigenvalue weighted by Gasteiger charge is -2.09. The van der Waals surface area contributed by atoms with Crippen molar-refractivity contribution >= 4 is 35.2 Å². The predicted octanol–water partition coefficient (Wildman–Crippen LogP) is 2.10. The molecule has 0 aliphatic carbocycles. The smallest absolute Gasteiger partial charge is 0.208 e. The molecule has 0 saturated carbocycles. The number of nitrogens with zero attached hydrogens (tertiary/aromatic N) is 2. The van der Waals surface area contributed by atoms with Crippen molar-refractivity contribution in [3.05, 3.63) is 30.3 Å². The molecule has 0 aliphatic heterocycles. The van der Waals surface area contributed by atoms with E-state index in [-0.39, 0.29) is 0 Å². The fourth-order valence-electron chi connectivity index (χ4n) is 0.931. The first-order valence-corrected chi connectivity index (χ1v) is 6.26. The number of hydrogen-bond donors (Lipinski definition) is 3. The highest BCUT2D eigenvalue weighted by Gasteiger charge is 1.98. The molecule has 1 rings (SSSR count). The maximum Gasteiger partial charge on any atom is 0.208 e. The third-order valence-electron chi connectivity index (χ3n) is 1.57. The summed E-state index contributed by atoms with van der Waals surface area (Å²) in [5.41, 5.74) is 6.76. The van der Waals surface area contributed by atoms with Crippen LogP contribution in [-0.2, 0) is 0 Å². The fourth-order valence-corrected chi connectivity index (χ4v) is 1.72. The van der Waals surface area contributed by atoms with Gasteiger partial charge in [-0.2, -0.15) is 17.9 Å². The van der Waals surface area contributed by atoms with Crippen molar-refractivity contribution < 1.29 is 0 Å². The Bertz CT molecular complexity index is 372. The van der Waals surface area contributed by atoms with Gasteiger partial charge in [0.15, 0.2) is 5.17 Å². The van der Waals surface area contributed by atoms with Crippen molar-refractivity contribution in [1.82, 2.24) is 5.43 Å². The van der Waals surface area contributed by atoms with Gasteiger partial charge in [-0.1, -0.05) is 30.0 Å². The van der Waals surface area contributed by atoms with Gasteiger partial charge < -0.3 is 0 Å². The zero-order valence-corrected chi connectivity index (χ0v) is 10.3. The Kier molecular flexibility index (Phi) is 6.30. The minimum atomic E-state index is 0.542. The minimum Gasteiger partial charge on any atom is -0.299 e. The Morgan fingerprint density at radius 1 is 1.44 bits per heavy atom. The van der Waals surface area contributed by atoms with Gasteiger partial charge in [0.1, 0.15) is 0 Å². The number of rotatable bonds is 4. The summed E-state index contributed by atoms with van der Waals surface area (Å²) in [5, 5.41) is 9.04. The van der Waals surface area contributed by atoms with Crippen LogP contribution >= 0.6 is 24.4 Å². The number of thiol groups is 1. The molecule has 0 fully saturated rings. The van der Waals surface area contributed by atoms with E-state index in [4.69, 9.17) is 5.26 Å². The Morgan fingerprint density at radius 2 is 2.19 bits per heavy atom. The van der Waals surface area contributed by atoms with E-state index in [0.717, 1.165) is 17.2 Å². The third kappa shape index (κ3) is 4.96. The van der Waals surface area contributed by atoms with Gasteiger partial charge in [0.25, 0.3) is 0 Å². The molecule has 2 N–H and O–H groups in total.